The molecule has 1 rings (SSSR count). The van der Waals surface area contributed by atoms with Crippen LogP contribution in [0.3, 0.4) is 0 Å². The predicted octanol–water partition coefficient (Wildman–Crippen LogP) is 0.389. The molecule has 0 amide bonds. The van der Waals surface area contributed by atoms with E-state index in [1.165, 1.54) is 0 Å². The lowest BCUT2D eigenvalue weighted by atomic mass is 10.3. The monoisotopic (exact) mass is 200 g/mol. The van der Waals surface area contributed by atoms with Crippen molar-refractivity contribution in [2.75, 3.05) is 12.8 Å². The van der Waals surface area contributed by atoms with Crippen molar-refractivity contribution in [3.05, 3.63) is 10.6 Å². The first kappa shape index (κ1) is 9.66. The molecule has 2 N–H and O–H groups in total. The van der Waals surface area contributed by atoms with E-state index in [1.807, 2.05) is 0 Å². The molecule has 0 aliphatic carbocycles. The second-order valence-corrected chi connectivity index (χ2v) is 3.32. The maximum Gasteiger partial charge on any atom is 0.380 e. The van der Waals surface area contributed by atoms with Gasteiger partial charge in [-0.05, 0) is 6.92 Å². The Labute approximate surface area is 78.5 Å². The summed E-state index contributed by atoms with van der Waals surface area (Å²) >= 11 is 0.982. The Morgan fingerprint density at radius 2 is 2.15 bits per heavy atom. The fourth-order valence-corrected chi connectivity index (χ4v) is 1.57. The molecular weight excluding hydrogens is 192 g/mol. The van der Waals surface area contributed by atoms with Crippen LogP contribution in [0.15, 0.2) is 0 Å². The molecule has 0 radical (unpaired) electrons. The molecule has 0 unspecified atom stereocenters. The van der Waals surface area contributed by atoms with Crippen LogP contribution in [0.1, 0.15) is 15.4 Å². The van der Waals surface area contributed by atoms with Gasteiger partial charge >= 0.3 is 5.97 Å². The summed E-state index contributed by atoms with van der Waals surface area (Å²) in [5.41, 5.74) is 5.82. The average Bonchev–Trinajstić information content (AvgIpc) is 2.42. The van der Waals surface area contributed by atoms with Crippen LogP contribution in [-0.4, -0.2) is 23.8 Å². The zero-order valence-electron chi connectivity index (χ0n) is 7.16. The van der Waals surface area contributed by atoms with Crippen molar-refractivity contribution in [3.63, 3.8) is 0 Å². The van der Waals surface area contributed by atoms with Gasteiger partial charge in [0.15, 0.2) is 5.13 Å². The Morgan fingerprint density at radius 1 is 1.54 bits per heavy atom. The van der Waals surface area contributed by atoms with Crippen molar-refractivity contribution in [2.45, 2.75) is 6.92 Å². The highest BCUT2D eigenvalue weighted by atomic mass is 32.1. The van der Waals surface area contributed by atoms with Crippen molar-refractivity contribution in [2.24, 2.45) is 0 Å². The largest absolute Gasteiger partial charge is 0.463 e. The van der Waals surface area contributed by atoms with Crippen molar-refractivity contribution < 1.29 is 14.3 Å². The van der Waals surface area contributed by atoms with Gasteiger partial charge in [-0.25, -0.2) is 9.78 Å². The van der Waals surface area contributed by atoms with E-state index in [9.17, 15) is 9.59 Å². The summed E-state index contributed by atoms with van der Waals surface area (Å²) in [5.74, 6) is -1.60. The van der Waals surface area contributed by atoms with Gasteiger partial charge in [-0.15, -0.1) is 0 Å². The highest BCUT2D eigenvalue weighted by Gasteiger charge is 2.21. The highest BCUT2D eigenvalue weighted by Crippen LogP contribution is 2.20. The lowest BCUT2D eigenvalue weighted by Crippen LogP contribution is -2.15. The zero-order valence-corrected chi connectivity index (χ0v) is 7.97. The number of nitrogens with two attached hydrogens (primary N) is 1. The van der Waals surface area contributed by atoms with E-state index in [1.54, 1.807) is 6.92 Å². The average molecular weight is 200 g/mol. The zero-order chi connectivity index (χ0) is 10.0. The number of Topliss-reactive ketones (excluding diaryl/α,β-unsaturated/α-hetero) is 1. The number of anilines is 1. The van der Waals surface area contributed by atoms with Crippen LogP contribution in [0.5, 0.6) is 0 Å². The number of hydrogen-bond acceptors (Lipinski definition) is 6. The normalized spacial score (nSPS) is 9.69. The molecule has 0 spiro atoms. The summed E-state index contributed by atoms with van der Waals surface area (Å²) < 4.78 is 4.28. The minimum absolute atomic E-state index is 0.240. The third kappa shape index (κ3) is 1.83. The lowest BCUT2D eigenvalue weighted by molar-refractivity contribution is -0.135. The van der Waals surface area contributed by atoms with Crippen molar-refractivity contribution >= 4 is 28.2 Å². The number of aryl methyl sites for hydroxylation is 1. The summed E-state index contributed by atoms with van der Waals surface area (Å²) in [5, 5.41) is 0.268. The van der Waals surface area contributed by atoms with Crippen LogP contribution in [0.25, 0.3) is 0 Å². The fraction of sp³-hybridized carbons (Fsp3) is 0.286. The smallest absolute Gasteiger partial charge is 0.380 e. The predicted molar refractivity (Wildman–Crippen MR) is 47.6 cm³/mol. The van der Waals surface area contributed by atoms with Gasteiger partial charge in [0.1, 0.15) is 4.88 Å². The Balaban J connectivity index is 3.01. The number of thiazole rings is 1. The summed E-state index contributed by atoms with van der Waals surface area (Å²) in [6, 6.07) is 0. The third-order valence-electron chi connectivity index (χ3n) is 1.39. The SMILES string of the molecule is COC(=O)C(=O)c1sc(N)nc1C. The van der Waals surface area contributed by atoms with E-state index >= 15 is 0 Å². The maximum absolute atomic E-state index is 11.3. The molecule has 1 heterocycles. The molecule has 0 saturated carbocycles. The highest BCUT2D eigenvalue weighted by molar-refractivity contribution is 7.18. The summed E-state index contributed by atoms with van der Waals surface area (Å²) in [4.78, 5) is 26.1. The quantitative estimate of drug-likeness (QED) is 0.424. The van der Waals surface area contributed by atoms with Gasteiger partial charge in [0.2, 0.25) is 0 Å². The van der Waals surface area contributed by atoms with Crippen molar-refractivity contribution in [1.82, 2.24) is 4.98 Å². The number of esters is 1. The molecule has 70 valence electrons. The number of ether oxygens (including phenoxy) is 1. The Kier molecular flexibility index (Phi) is 2.62. The minimum atomic E-state index is -0.897. The number of carbonyl (C=O) groups excluding carboxylic acids is 2. The number of rotatable bonds is 2. The molecule has 1 aromatic heterocycles. The first-order valence-corrected chi connectivity index (χ1v) is 4.23. The van der Waals surface area contributed by atoms with Crippen molar-refractivity contribution in [1.29, 1.82) is 0 Å². The summed E-state index contributed by atoms with van der Waals surface area (Å²) in [6.45, 7) is 1.61. The molecule has 5 nitrogen and oxygen atoms in total. The van der Waals surface area contributed by atoms with Crippen LogP contribution in [0, 0.1) is 6.92 Å². The number of nitrogens with zero attached hydrogens (tertiary/aromatic N) is 1. The Morgan fingerprint density at radius 3 is 2.54 bits per heavy atom. The van der Waals surface area contributed by atoms with Gasteiger partial charge < -0.3 is 10.5 Å². The Bertz CT molecular complexity index is 359. The van der Waals surface area contributed by atoms with E-state index in [0.29, 0.717) is 5.69 Å². The number of aromatic nitrogens is 1. The van der Waals surface area contributed by atoms with Crippen LogP contribution in [0.2, 0.25) is 0 Å². The summed E-state index contributed by atoms with van der Waals surface area (Å²) in [6.07, 6.45) is 0. The van der Waals surface area contributed by atoms with Crippen molar-refractivity contribution in [3.8, 4) is 0 Å². The van der Waals surface area contributed by atoms with E-state index in [-0.39, 0.29) is 10.0 Å². The molecule has 1 aromatic rings. The molecule has 6 heteroatoms. The number of ketones is 1. The standard InChI is InChI=1S/C7H8N2O3S/c1-3-5(13-7(8)9-3)4(10)6(11)12-2/h1-2H3,(H2,8,9). The van der Waals surface area contributed by atoms with Gasteiger partial charge in [-0.1, -0.05) is 11.3 Å². The first-order valence-electron chi connectivity index (χ1n) is 3.41. The van der Waals surface area contributed by atoms with Gasteiger partial charge in [0.05, 0.1) is 12.8 Å². The molecular formula is C7H8N2O3S. The summed E-state index contributed by atoms with van der Waals surface area (Å²) in [7, 11) is 1.15. The van der Waals surface area contributed by atoms with Crippen LogP contribution >= 0.6 is 11.3 Å². The van der Waals surface area contributed by atoms with Gasteiger partial charge in [0, 0.05) is 0 Å². The van der Waals surface area contributed by atoms with E-state index in [2.05, 4.69) is 9.72 Å². The van der Waals surface area contributed by atoms with Gasteiger partial charge in [0.25, 0.3) is 5.78 Å². The van der Waals surface area contributed by atoms with Gasteiger partial charge in [-0.2, -0.15) is 0 Å². The third-order valence-corrected chi connectivity index (χ3v) is 2.38. The van der Waals surface area contributed by atoms with E-state index in [4.69, 9.17) is 5.73 Å². The van der Waals surface area contributed by atoms with E-state index in [0.717, 1.165) is 18.4 Å². The van der Waals surface area contributed by atoms with E-state index < -0.39 is 11.8 Å². The number of hydrogen-bond donors (Lipinski definition) is 1. The molecule has 0 aliphatic rings. The second kappa shape index (κ2) is 3.53. The molecule has 0 aromatic carbocycles. The lowest BCUT2D eigenvalue weighted by Gasteiger charge is -1.94. The molecule has 0 fully saturated rings. The number of methoxy groups -OCH3 is 1. The second-order valence-electron chi connectivity index (χ2n) is 2.29. The van der Waals surface area contributed by atoms with Crippen LogP contribution in [0.4, 0.5) is 5.13 Å². The molecule has 0 atom stereocenters. The number of nitrogen functional groups attached to an aromatic ring is 1. The minimum Gasteiger partial charge on any atom is -0.463 e. The topological polar surface area (TPSA) is 82.3 Å². The molecule has 0 bridgehead atoms. The number of carbonyl (C=O) groups is 2. The molecule has 0 saturated heterocycles. The fourth-order valence-electron chi connectivity index (χ4n) is 0.813. The van der Waals surface area contributed by atoms with Crippen LogP contribution in [-0.2, 0) is 9.53 Å². The molecule has 0 aliphatic heterocycles. The molecule has 13 heavy (non-hydrogen) atoms. The Hall–Kier alpha value is -1.43. The van der Waals surface area contributed by atoms with Crippen LogP contribution < -0.4 is 5.73 Å². The first-order chi connectivity index (χ1) is 6.06. The maximum atomic E-state index is 11.3. The van der Waals surface area contributed by atoms with Gasteiger partial charge in [-0.3, -0.25) is 4.79 Å².